The first-order valence-electron chi connectivity index (χ1n) is 7.85. The topological polar surface area (TPSA) is 57.4 Å². The van der Waals surface area contributed by atoms with E-state index in [4.69, 9.17) is 0 Å². The molecule has 5 heteroatoms. The summed E-state index contributed by atoms with van der Waals surface area (Å²) in [5, 5.41) is 0. The van der Waals surface area contributed by atoms with Gasteiger partial charge in [0.15, 0.2) is 0 Å². The second-order valence-corrected chi connectivity index (χ2v) is 5.91. The number of hydrogen-bond acceptors (Lipinski definition) is 2. The molecule has 0 saturated heterocycles. The number of H-pyrrole nitrogens is 2. The SMILES string of the molecule is C1=Cc2cc3ccc(cc4nc(cc5ccc(cc1n2)[nH]5)C=C4)[nH]3.[SbH3]. The third-order valence-electron chi connectivity index (χ3n) is 4.04. The summed E-state index contributed by atoms with van der Waals surface area (Å²) in [6.07, 6.45) is 8.09. The Bertz CT molecular complexity index is 990. The minimum absolute atomic E-state index is 0. The first-order chi connectivity index (χ1) is 11.8. The van der Waals surface area contributed by atoms with Gasteiger partial charge in [-0.15, -0.1) is 0 Å². The molecule has 2 aliphatic heterocycles. The van der Waals surface area contributed by atoms with Crippen LogP contribution in [0.4, 0.5) is 0 Å². The van der Waals surface area contributed by atoms with Crippen LogP contribution < -0.4 is 0 Å². The normalized spacial score (nSPS) is 12.2. The molecule has 0 atom stereocenters. The Morgan fingerprint density at radius 3 is 1.04 bits per heavy atom. The summed E-state index contributed by atoms with van der Waals surface area (Å²) in [5.74, 6) is 0. The quantitative estimate of drug-likeness (QED) is 0.366. The van der Waals surface area contributed by atoms with E-state index in [1.54, 1.807) is 0 Å². The summed E-state index contributed by atoms with van der Waals surface area (Å²) in [6.45, 7) is 0. The fraction of sp³-hybridized carbons (Fsp3) is 0. The maximum absolute atomic E-state index is 4.63. The molecule has 0 aromatic carbocycles. The molecular weight excluding hydrogens is 418 g/mol. The van der Waals surface area contributed by atoms with E-state index in [1.807, 2.05) is 48.6 Å². The van der Waals surface area contributed by atoms with Crippen molar-refractivity contribution in [1.82, 2.24) is 19.9 Å². The van der Waals surface area contributed by atoms with E-state index < -0.39 is 0 Å². The van der Waals surface area contributed by atoms with E-state index in [0.29, 0.717) is 0 Å². The molecule has 5 heterocycles. The van der Waals surface area contributed by atoms with Crippen LogP contribution in [-0.2, 0) is 0 Å². The zero-order valence-corrected chi connectivity index (χ0v) is 17.6. The summed E-state index contributed by atoms with van der Waals surface area (Å²) in [5.41, 5.74) is 7.86. The average molecular weight is 435 g/mol. The molecule has 0 amide bonds. The van der Waals surface area contributed by atoms with E-state index >= 15 is 0 Å². The number of nitrogens with one attached hydrogen (secondary N) is 2. The maximum atomic E-state index is 4.63. The van der Waals surface area contributed by atoms with Crippen LogP contribution in [0.25, 0.3) is 46.4 Å². The Kier molecular flexibility index (Phi) is 4.06. The molecule has 0 spiro atoms. The first-order valence-corrected chi connectivity index (χ1v) is 7.85. The standard InChI is InChI=1S/C20H14N4.Sb.3H/c1-2-14-10-16-5-6-18(23-16)12-20-8-7-19(24-20)11-17-4-3-15(22-17)9-13(1)21-14;;;;/h1-12,21,24H;;;;. The first kappa shape index (κ1) is 15.9. The van der Waals surface area contributed by atoms with Gasteiger partial charge in [-0.25, -0.2) is 9.97 Å². The number of nitrogens with zero attached hydrogens (tertiary/aromatic N) is 2. The zero-order valence-electron chi connectivity index (χ0n) is 13.5. The van der Waals surface area contributed by atoms with Crippen molar-refractivity contribution in [3.8, 4) is 0 Å². The predicted octanol–water partition coefficient (Wildman–Crippen LogP) is 3.47. The second kappa shape index (κ2) is 6.38. The number of rotatable bonds is 0. The van der Waals surface area contributed by atoms with Crippen LogP contribution in [0.1, 0.15) is 22.8 Å². The molecule has 3 aromatic rings. The van der Waals surface area contributed by atoms with E-state index in [2.05, 4.69) is 44.2 Å². The Hall–Kier alpha value is -2.58. The van der Waals surface area contributed by atoms with Gasteiger partial charge in [0.05, 0.1) is 22.8 Å². The van der Waals surface area contributed by atoms with E-state index in [9.17, 15) is 0 Å². The van der Waals surface area contributed by atoms with Gasteiger partial charge < -0.3 is 9.97 Å². The van der Waals surface area contributed by atoms with Crippen molar-refractivity contribution in [2.45, 2.75) is 0 Å². The molecule has 0 saturated carbocycles. The van der Waals surface area contributed by atoms with Gasteiger partial charge in [0.25, 0.3) is 0 Å². The van der Waals surface area contributed by atoms with Crippen LogP contribution in [0, 0.1) is 0 Å². The van der Waals surface area contributed by atoms with Crippen molar-refractivity contribution in [2.24, 2.45) is 0 Å². The molecule has 0 aliphatic carbocycles. The van der Waals surface area contributed by atoms with Crippen LogP contribution >= 0.6 is 0 Å². The van der Waals surface area contributed by atoms with Crippen LogP contribution in [0.15, 0.2) is 48.5 Å². The number of aromatic nitrogens is 4. The van der Waals surface area contributed by atoms with Gasteiger partial charge in [0, 0.05) is 22.1 Å². The molecule has 0 radical (unpaired) electrons. The monoisotopic (exact) mass is 434 g/mol. The summed E-state index contributed by atoms with van der Waals surface area (Å²) in [4.78, 5) is 16.0. The molecule has 0 unspecified atom stereocenters. The third-order valence-corrected chi connectivity index (χ3v) is 4.04. The fourth-order valence-electron chi connectivity index (χ4n) is 2.94. The molecule has 2 aliphatic rings. The fourth-order valence-corrected chi connectivity index (χ4v) is 2.94. The van der Waals surface area contributed by atoms with E-state index in [0.717, 1.165) is 44.8 Å². The second-order valence-electron chi connectivity index (χ2n) is 5.91. The van der Waals surface area contributed by atoms with Crippen molar-refractivity contribution >= 4 is 70.8 Å². The summed E-state index contributed by atoms with van der Waals surface area (Å²) in [7, 11) is 0. The van der Waals surface area contributed by atoms with Crippen molar-refractivity contribution in [3.63, 3.8) is 0 Å². The molecular formula is C20H17N4Sb. The van der Waals surface area contributed by atoms with Crippen LogP contribution in [0.2, 0.25) is 0 Å². The van der Waals surface area contributed by atoms with Crippen molar-refractivity contribution in [2.75, 3.05) is 0 Å². The van der Waals surface area contributed by atoms with E-state index in [-0.39, 0.29) is 24.4 Å². The summed E-state index contributed by atoms with van der Waals surface area (Å²) in [6, 6.07) is 16.4. The third kappa shape index (κ3) is 3.31. The van der Waals surface area contributed by atoms with Crippen LogP contribution in [0.3, 0.4) is 0 Å². The van der Waals surface area contributed by atoms with Gasteiger partial charge >= 0.3 is 24.4 Å². The number of hydrogen-bond donors (Lipinski definition) is 2. The molecule has 0 fully saturated rings. The van der Waals surface area contributed by atoms with Crippen molar-refractivity contribution < 1.29 is 0 Å². The van der Waals surface area contributed by atoms with E-state index in [1.165, 1.54) is 0 Å². The summed E-state index contributed by atoms with van der Waals surface area (Å²) < 4.78 is 0. The Balaban J connectivity index is 0.00000157. The van der Waals surface area contributed by atoms with Crippen LogP contribution in [0.5, 0.6) is 0 Å². The molecule has 5 rings (SSSR count). The van der Waals surface area contributed by atoms with Crippen molar-refractivity contribution in [1.29, 1.82) is 0 Å². The van der Waals surface area contributed by atoms with Gasteiger partial charge in [-0.05, 0) is 72.8 Å². The van der Waals surface area contributed by atoms with Gasteiger partial charge in [-0.1, -0.05) is 0 Å². The Morgan fingerprint density at radius 2 is 0.760 bits per heavy atom. The molecule has 2 N–H and O–H groups in total. The van der Waals surface area contributed by atoms with Crippen LogP contribution in [-0.4, -0.2) is 44.4 Å². The predicted molar refractivity (Wildman–Crippen MR) is 109 cm³/mol. The molecule has 4 nitrogen and oxygen atoms in total. The zero-order chi connectivity index (χ0) is 15.9. The van der Waals surface area contributed by atoms with Gasteiger partial charge in [-0.2, -0.15) is 0 Å². The minimum atomic E-state index is 0. The molecule has 122 valence electrons. The van der Waals surface area contributed by atoms with Gasteiger partial charge in [0.2, 0.25) is 0 Å². The average Bonchev–Trinajstić information content (AvgIpc) is 3.32. The van der Waals surface area contributed by atoms with Crippen molar-refractivity contribution in [3.05, 3.63) is 71.3 Å². The summed E-state index contributed by atoms with van der Waals surface area (Å²) >= 11 is 0. The van der Waals surface area contributed by atoms with Gasteiger partial charge in [0.1, 0.15) is 0 Å². The molecule has 3 aromatic heterocycles. The molecule has 25 heavy (non-hydrogen) atoms. The Labute approximate surface area is 161 Å². The number of fused-ring (bicyclic) bond motifs is 8. The number of aromatic amines is 2. The van der Waals surface area contributed by atoms with Gasteiger partial charge in [-0.3, -0.25) is 0 Å². The molecule has 8 bridgehead atoms. The Morgan fingerprint density at radius 1 is 0.480 bits per heavy atom.